The molecule has 5 nitrogen and oxygen atoms in total. The Hall–Kier alpha value is -1.01. The number of aliphatic imine (C=N–C) groups is 1. The van der Waals surface area contributed by atoms with Crippen molar-refractivity contribution in [3.8, 4) is 0 Å². The van der Waals surface area contributed by atoms with E-state index in [9.17, 15) is 13.9 Å². The van der Waals surface area contributed by atoms with E-state index in [1.54, 1.807) is 31.1 Å². The van der Waals surface area contributed by atoms with Crippen molar-refractivity contribution >= 4 is 52.9 Å². The van der Waals surface area contributed by atoms with Gasteiger partial charge in [-0.3, -0.25) is 4.99 Å². The Kier molecular flexibility index (Phi) is 11.3. The highest BCUT2D eigenvalue weighted by Crippen LogP contribution is 2.27. The van der Waals surface area contributed by atoms with Crippen molar-refractivity contribution in [3.63, 3.8) is 0 Å². The van der Waals surface area contributed by atoms with Crippen LogP contribution < -0.4 is 10.6 Å². The maximum absolute atomic E-state index is 14.2. The van der Waals surface area contributed by atoms with Gasteiger partial charge in [-0.15, -0.1) is 35.3 Å². The highest BCUT2D eigenvalue weighted by atomic mass is 127. The van der Waals surface area contributed by atoms with E-state index in [0.717, 1.165) is 4.88 Å². The summed E-state index contributed by atoms with van der Waals surface area (Å²) < 4.78 is 29.0. The number of hydrogen-bond acceptors (Lipinski definition) is 4. The van der Waals surface area contributed by atoms with Gasteiger partial charge >= 0.3 is 0 Å². The van der Waals surface area contributed by atoms with Crippen molar-refractivity contribution in [1.82, 2.24) is 15.5 Å². The van der Waals surface area contributed by atoms with E-state index >= 15 is 0 Å². The summed E-state index contributed by atoms with van der Waals surface area (Å²) in [6.07, 6.45) is -0.741. The maximum Gasteiger partial charge on any atom is 0.191 e. The summed E-state index contributed by atoms with van der Waals surface area (Å²) in [4.78, 5) is 6.91. The van der Waals surface area contributed by atoms with Crippen LogP contribution in [0.5, 0.6) is 0 Å². The normalized spacial score (nSPS) is 13.7. The number of aliphatic hydroxyl groups is 1. The molecule has 0 saturated carbocycles. The lowest BCUT2D eigenvalue weighted by Crippen LogP contribution is -2.40. The fraction of sp³-hybridized carbons (Fsp3) is 0.421. The minimum absolute atomic E-state index is 0. The van der Waals surface area contributed by atoms with E-state index in [4.69, 9.17) is 11.6 Å². The average molecular weight is 559 g/mol. The van der Waals surface area contributed by atoms with Gasteiger partial charge in [-0.2, -0.15) is 0 Å². The molecular formula is C19H26ClF2IN4OS. The van der Waals surface area contributed by atoms with E-state index in [0.29, 0.717) is 16.8 Å². The van der Waals surface area contributed by atoms with Gasteiger partial charge in [-0.1, -0.05) is 17.7 Å². The zero-order valence-electron chi connectivity index (χ0n) is 16.5. The van der Waals surface area contributed by atoms with Crippen LogP contribution in [0, 0.1) is 11.6 Å². The molecule has 2 unspecified atom stereocenters. The van der Waals surface area contributed by atoms with Gasteiger partial charge in [0.25, 0.3) is 0 Å². The van der Waals surface area contributed by atoms with Crippen molar-refractivity contribution in [1.29, 1.82) is 0 Å². The highest BCUT2D eigenvalue weighted by molar-refractivity contribution is 14.0. The van der Waals surface area contributed by atoms with E-state index in [-0.39, 0.29) is 42.6 Å². The van der Waals surface area contributed by atoms with E-state index in [1.165, 1.54) is 29.5 Å². The Bertz CT molecular complexity index is 786. The first kappa shape index (κ1) is 26.0. The smallest absolute Gasteiger partial charge is 0.191 e. The number of hydrogen-bond donors (Lipinski definition) is 3. The van der Waals surface area contributed by atoms with Crippen molar-refractivity contribution in [2.75, 3.05) is 33.7 Å². The Morgan fingerprint density at radius 2 is 1.86 bits per heavy atom. The zero-order chi connectivity index (χ0) is 20.7. The summed E-state index contributed by atoms with van der Waals surface area (Å²) in [6.45, 7) is 2.88. The summed E-state index contributed by atoms with van der Waals surface area (Å²) in [7, 11) is 3.49. The van der Waals surface area contributed by atoms with Gasteiger partial charge in [-0.05, 0) is 45.3 Å². The Morgan fingerprint density at radius 3 is 2.38 bits per heavy atom. The van der Waals surface area contributed by atoms with Crippen LogP contribution >= 0.6 is 46.9 Å². The predicted octanol–water partition coefficient (Wildman–Crippen LogP) is 4.19. The maximum atomic E-state index is 14.2. The van der Waals surface area contributed by atoms with Crippen LogP contribution in [0.1, 0.15) is 29.5 Å². The number of nitrogens with zero attached hydrogens (tertiary/aromatic N) is 2. The molecule has 0 bridgehead atoms. The predicted molar refractivity (Wildman–Crippen MR) is 126 cm³/mol. The molecule has 2 aromatic rings. The SMILES string of the molecule is CCNC(=NCC(c1c(F)cccc1F)N(C)C)NCC(O)c1ccc(Cl)s1.I. The topological polar surface area (TPSA) is 59.9 Å². The lowest BCUT2D eigenvalue weighted by atomic mass is 10.0. The molecule has 0 fully saturated rings. The molecule has 1 heterocycles. The van der Waals surface area contributed by atoms with Crippen LogP contribution in [0.4, 0.5) is 8.78 Å². The lowest BCUT2D eigenvalue weighted by molar-refractivity contribution is 0.184. The fourth-order valence-corrected chi connectivity index (χ4v) is 3.71. The van der Waals surface area contributed by atoms with Crippen LogP contribution in [0.15, 0.2) is 35.3 Å². The molecule has 1 aromatic heterocycles. The van der Waals surface area contributed by atoms with Gasteiger partial charge in [-0.25, -0.2) is 8.78 Å². The molecule has 10 heteroatoms. The molecule has 162 valence electrons. The standard InChI is InChI=1S/C19H25ClF2N4OS.HI/c1-4-23-19(25-11-15(27)16-8-9-17(20)28-16)24-10-14(26(2)3)18-12(21)6-5-7-13(18)22;/h5-9,14-15,27H,4,10-11H2,1-3H3,(H2,23,24,25);1H. The van der Waals surface area contributed by atoms with Crippen molar-refractivity contribution in [2.24, 2.45) is 4.99 Å². The van der Waals surface area contributed by atoms with Gasteiger partial charge in [0.05, 0.1) is 16.9 Å². The molecule has 0 amide bonds. The summed E-state index contributed by atoms with van der Waals surface area (Å²) in [5.41, 5.74) is -0.0136. The summed E-state index contributed by atoms with van der Waals surface area (Å²) >= 11 is 7.21. The minimum atomic E-state index is -0.741. The van der Waals surface area contributed by atoms with Crippen LogP contribution in [0.2, 0.25) is 4.34 Å². The lowest BCUT2D eigenvalue weighted by Gasteiger charge is -2.24. The number of nitrogens with one attached hydrogen (secondary N) is 2. The van der Waals surface area contributed by atoms with Crippen LogP contribution in [0.3, 0.4) is 0 Å². The number of aliphatic hydroxyl groups excluding tert-OH is 1. The summed E-state index contributed by atoms with van der Waals surface area (Å²) in [5, 5.41) is 16.4. The zero-order valence-corrected chi connectivity index (χ0v) is 20.4. The molecule has 0 aliphatic carbocycles. The first-order chi connectivity index (χ1) is 13.3. The van der Waals surface area contributed by atoms with E-state index in [1.807, 2.05) is 6.92 Å². The number of rotatable bonds is 8. The summed E-state index contributed by atoms with van der Waals surface area (Å²) in [5.74, 6) is -0.749. The van der Waals surface area contributed by atoms with Gasteiger partial charge < -0.3 is 20.6 Å². The third-order valence-corrected chi connectivity index (χ3v) is 5.44. The Labute approximate surface area is 196 Å². The quantitative estimate of drug-likeness (QED) is 0.258. The first-order valence-corrected chi connectivity index (χ1v) is 10.1. The molecule has 0 aliphatic rings. The second-order valence-corrected chi connectivity index (χ2v) is 8.12. The van der Waals surface area contributed by atoms with Crippen LogP contribution in [-0.2, 0) is 0 Å². The number of thiophene rings is 1. The van der Waals surface area contributed by atoms with Crippen molar-refractivity contribution < 1.29 is 13.9 Å². The van der Waals surface area contributed by atoms with Crippen molar-refractivity contribution in [2.45, 2.75) is 19.1 Å². The molecule has 0 spiro atoms. The van der Waals surface area contributed by atoms with Crippen LogP contribution in [-0.4, -0.2) is 49.7 Å². The van der Waals surface area contributed by atoms with Gasteiger partial charge in [0.1, 0.15) is 17.7 Å². The third kappa shape index (κ3) is 7.63. The highest BCUT2D eigenvalue weighted by Gasteiger charge is 2.22. The van der Waals surface area contributed by atoms with Crippen molar-refractivity contribution in [3.05, 3.63) is 56.7 Å². The molecule has 1 aromatic carbocycles. The molecule has 0 aliphatic heterocycles. The molecule has 29 heavy (non-hydrogen) atoms. The van der Waals surface area contributed by atoms with Gasteiger partial charge in [0.15, 0.2) is 5.96 Å². The second kappa shape index (κ2) is 12.6. The molecule has 2 rings (SSSR count). The molecule has 2 atom stereocenters. The molecular weight excluding hydrogens is 533 g/mol. The molecule has 3 N–H and O–H groups in total. The minimum Gasteiger partial charge on any atom is -0.386 e. The molecule has 0 saturated heterocycles. The monoisotopic (exact) mass is 558 g/mol. The van der Waals surface area contributed by atoms with Crippen LogP contribution in [0.25, 0.3) is 0 Å². The first-order valence-electron chi connectivity index (χ1n) is 8.89. The second-order valence-electron chi connectivity index (χ2n) is 6.37. The third-order valence-electron chi connectivity index (χ3n) is 4.11. The number of benzene rings is 1. The Morgan fingerprint density at radius 1 is 1.21 bits per heavy atom. The average Bonchev–Trinajstić information content (AvgIpc) is 3.07. The number of guanidine groups is 1. The van der Waals surface area contributed by atoms with E-state index in [2.05, 4.69) is 15.6 Å². The van der Waals surface area contributed by atoms with E-state index < -0.39 is 23.8 Å². The number of likely N-dealkylation sites (N-methyl/N-ethyl adjacent to an activating group) is 1. The van der Waals surface area contributed by atoms with Gasteiger partial charge in [0, 0.05) is 23.5 Å². The number of halogens is 4. The van der Waals surface area contributed by atoms with Gasteiger partial charge in [0.2, 0.25) is 0 Å². The molecule has 0 radical (unpaired) electrons. The largest absolute Gasteiger partial charge is 0.386 e. The summed E-state index contributed by atoms with van der Waals surface area (Å²) in [6, 6.07) is 6.75. The fourth-order valence-electron chi connectivity index (χ4n) is 2.66. The Balaban J connectivity index is 0.00000420.